The molecule has 0 aliphatic heterocycles. The zero-order chi connectivity index (χ0) is 21.6. The second-order valence-electron chi connectivity index (χ2n) is 5.89. The molecule has 29 heavy (non-hydrogen) atoms. The third-order valence-electron chi connectivity index (χ3n) is 3.81. The fourth-order valence-corrected chi connectivity index (χ4v) is 2.34. The number of nitrogens with zero attached hydrogens (tertiary/aromatic N) is 3. The number of hydrazone groups is 1. The molecule has 0 unspecified atom stereocenters. The van der Waals surface area contributed by atoms with Gasteiger partial charge in [0.2, 0.25) is 0 Å². The molecule has 0 aliphatic rings. The topological polar surface area (TPSA) is 146 Å². The molecule has 1 amide bonds. The average Bonchev–Trinajstić information content (AvgIpc) is 2.70. The Morgan fingerprint density at radius 2 is 1.69 bits per heavy atom. The second-order valence-corrected chi connectivity index (χ2v) is 5.89. The van der Waals surface area contributed by atoms with E-state index in [9.17, 15) is 25.0 Å². The molecule has 0 saturated carbocycles. The summed E-state index contributed by atoms with van der Waals surface area (Å²) in [7, 11) is 1.32. The lowest BCUT2D eigenvalue weighted by Gasteiger charge is -2.07. The van der Waals surface area contributed by atoms with Crippen molar-refractivity contribution in [2.45, 2.75) is 13.8 Å². The van der Waals surface area contributed by atoms with Crippen LogP contribution in [0.2, 0.25) is 0 Å². The monoisotopic (exact) mass is 402 g/mol. The molecule has 2 rings (SSSR count). The van der Waals surface area contributed by atoms with Gasteiger partial charge >= 0.3 is 11.4 Å². The van der Waals surface area contributed by atoms with Crippen LogP contribution in [0.4, 0.5) is 11.4 Å². The average molecular weight is 402 g/mol. The summed E-state index contributed by atoms with van der Waals surface area (Å²) in [5, 5.41) is 26.0. The number of nitrogens with one attached hydrogen (secondary N) is 1. The first kappa shape index (κ1) is 21.3. The number of nitro groups is 2. The van der Waals surface area contributed by atoms with E-state index in [2.05, 4.69) is 10.5 Å². The summed E-state index contributed by atoms with van der Waals surface area (Å²) in [6.07, 6.45) is 0. The third-order valence-corrected chi connectivity index (χ3v) is 3.81. The van der Waals surface area contributed by atoms with Crippen LogP contribution in [0.1, 0.15) is 18.1 Å². The molecular weight excluding hydrogens is 384 g/mol. The van der Waals surface area contributed by atoms with Crippen molar-refractivity contribution < 1.29 is 24.1 Å². The SMILES string of the molecule is COc1ccc(/C(C)=N\NC(=O)COc2ccc(C)cc2[N+](=O)[O-])cc1[N+](=O)[O-]. The lowest BCUT2D eigenvalue weighted by atomic mass is 10.1. The number of rotatable bonds is 8. The summed E-state index contributed by atoms with van der Waals surface area (Å²) in [6, 6.07) is 8.63. The number of carbonyl (C=O) groups is 1. The number of hydrogen-bond acceptors (Lipinski definition) is 8. The quantitative estimate of drug-likeness (QED) is 0.406. The van der Waals surface area contributed by atoms with Crippen LogP contribution in [-0.4, -0.2) is 35.2 Å². The van der Waals surface area contributed by atoms with E-state index in [0.717, 1.165) is 0 Å². The number of methoxy groups -OCH3 is 1. The van der Waals surface area contributed by atoms with Gasteiger partial charge in [-0.05, 0) is 37.6 Å². The minimum atomic E-state index is -0.651. The molecule has 0 heterocycles. The van der Waals surface area contributed by atoms with Crippen molar-refractivity contribution in [1.29, 1.82) is 0 Å². The van der Waals surface area contributed by atoms with Crippen LogP contribution in [0, 0.1) is 27.2 Å². The van der Waals surface area contributed by atoms with E-state index >= 15 is 0 Å². The van der Waals surface area contributed by atoms with Crippen LogP contribution in [0.25, 0.3) is 0 Å². The first-order valence-corrected chi connectivity index (χ1v) is 8.26. The van der Waals surface area contributed by atoms with Crippen molar-refractivity contribution in [3.05, 3.63) is 67.8 Å². The van der Waals surface area contributed by atoms with Gasteiger partial charge in [-0.1, -0.05) is 6.07 Å². The molecular formula is C18H18N4O7. The van der Waals surface area contributed by atoms with Crippen LogP contribution in [0.3, 0.4) is 0 Å². The van der Waals surface area contributed by atoms with Crippen molar-refractivity contribution >= 4 is 23.0 Å². The summed E-state index contributed by atoms with van der Waals surface area (Å²) in [5.41, 5.74) is 3.16. The van der Waals surface area contributed by atoms with Crippen molar-refractivity contribution in [1.82, 2.24) is 5.43 Å². The molecule has 0 aromatic heterocycles. The Kier molecular flexibility index (Phi) is 6.80. The zero-order valence-electron chi connectivity index (χ0n) is 15.9. The maximum Gasteiger partial charge on any atom is 0.311 e. The molecule has 0 aliphatic carbocycles. The van der Waals surface area contributed by atoms with E-state index in [-0.39, 0.29) is 22.9 Å². The van der Waals surface area contributed by atoms with E-state index in [1.165, 1.54) is 31.4 Å². The van der Waals surface area contributed by atoms with Crippen LogP contribution < -0.4 is 14.9 Å². The third kappa shape index (κ3) is 5.48. The molecule has 2 aromatic carbocycles. The number of carbonyl (C=O) groups excluding carboxylic acids is 1. The summed E-state index contributed by atoms with van der Waals surface area (Å²) in [5.74, 6) is -0.590. The lowest BCUT2D eigenvalue weighted by molar-refractivity contribution is -0.386. The Morgan fingerprint density at radius 1 is 1.07 bits per heavy atom. The zero-order valence-corrected chi connectivity index (χ0v) is 15.9. The van der Waals surface area contributed by atoms with Gasteiger partial charge in [-0.15, -0.1) is 0 Å². The Bertz CT molecular complexity index is 988. The van der Waals surface area contributed by atoms with Gasteiger partial charge in [-0.3, -0.25) is 25.0 Å². The molecule has 1 N–H and O–H groups in total. The molecule has 11 heteroatoms. The van der Waals surface area contributed by atoms with Crippen LogP contribution in [0.5, 0.6) is 11.5 Å². The van der Waals surface area contributed by atoms with E-state index < -0.39 is 22.4 Å². The largest absolute Gasteiger partial charge is 0.490 e. The van der Waals surface area contributed by atoms with Crippen LogP contribution >= 0.6 is 0 Å². The highest BCUT2D eigenvalue weighted by Crippen LogP contribution is 2.28. The van der Waals surface area contributed by atoms with Gasteiger partial charge in [0.1, 0.15) is 0 Å². The maximum atomic E-state index is 11.9. The number of ether oxygens (including phenoxy) is 2. The van der Waals surface area contributed by atoms with Crippen molar-refractivity contribution in [3.63, 3.8) is 0 Å². The second kappa shape index (κ2) is 9.26. The molecule has 0 atom stereocenters. The molecule has 2 aromatic rings. The smallest absolute Gasteiger partial charge is 0.311 e. The van der Waals surface area contributed by atoms with Gasteiger partial charge in [0, 0.05) is 17.7 Å². The van der Waals surface area contributed by atoms with Gasteiger partial charge in [0.15, 0.2) is 18.1 Å². The van der Waals surface area contributed by atoms with Gasteiger partial charge in [0.25, 0.3) is 5.91 Å². The van der Waals surface area contributed by atoms with Gasteiger partial charge in [-0.2, -0.15) is 5.10 Å². The molecule has 0 bridgehead atoms. The highest BCUT2D eigenvalue weighted by atomic mass is 16.6. The van der Waals surface area contributed by atoms with E-state index in [4.69, 9.17) is 9.47 Å². The van der Waals surface area contributed by atoms with E-state index in [1.54, 1.807) is 26.0 Å². The Balaban J connectivity index is 2.05. The number of nitro benzene ring substituents is 2. The highest BCUT2D eigenvalue weighted by molar-refractivity contribution is 6.00. The number of aryl methyl sites for hydroxylation is 1. The van der Waals surface area contributed by atoms with Gasteiger partial charge in [0.05, 0.1) is 22.7 Å². The Labute approximate surface area is 165 Å². The summed E-state index contributed by atoms with van der Waals surface area (Å²) >= 11 is 0. The molecule has 0 saturated heterocycles. The van der Waals surface area contributed by atoms with E-state index in [0.29, 0.717) is 16.8 Å². The summed E-state index contributed by atoms with van der Waals surface area (Å²) < 4.78 is 10.1. The van der Waals surface area contributed by atoms with Crippen LogP contribution in [-0.2, 0) is 4.79 Å². The van der Waals surface area contributed by atoms with E-state index in [1.807, 2.05) is 0 Å². The molecule has 0 radical (unpaired) electrons. The lowest BCUT2D eigenvalue weighted by Crippen LogP contribution is -2.25. The van der Waals surface area contributed by atoms with Crippen molar-refractivity contribution in [3.8, 4) is 11.5 Å². The highest BCUT2D eigenvalue weighted by Gasteiger charge is 2.17. The number of hydrogen-bond donors (Lipinski definition) is 1. The van der Waals surface area contributed by atoms with Crippen LogP contribution in [0.15, 0.2) is 41.5 Å². The summed E-state index contributed by atoms with van der Waals surface area (Å²) in [4.78, 5) is 32.9. The van der Waals surface area contributed by atoms with Gasteiger partial charge < -0.3 is 9.47 Å². The van der Waals surface area contributed by atoms with Gasteiger partial charge in [-0.25, -0.2) is 5.43 Å². The standard InChI is InChI=1S/C18H18N4O7/c1-11-4-6-17(14(8-11)21(24)25)29-10-18(23)20-19-12(2)13-5-7-16(28-3)15(9-13)22(26)27/h4-9H,10H2,1-3H3,(H,20,23)/b19-12-. The normalized spacial score (nSPS) is 10.9. The van der Waals surface area contributed by atoms with Crippen molar-refractivity contribution in [2.75, 3.05) is 13.7 Å². The molecule has 0 fully saturated rings. The summed E-state index contributed by atoms with van der Waals surface area (Å²) in [6.45, 7) is 2.76. The number of amides is 1. The van der Waals surface area contributed by atoms with Crippen molar-refractivity contribution in [2.24, 2.45) is 5.10 Å². The Hall–Kier alpha value is -4.02. The first-order valence-electron chi connectivity index (χ1n) is 8.26. The maximum absolute atomic E-state index is 11.9. The fraction of sp³-hybridized carbons (Fsp3) is 0.222. The first-order chi connectivity index (χ1) is 13.7. The fourth-order valence-electron chi connectivity index (χ4n) is 2.34. The molecule has 0 spiro atoms. The molecule has 152 valence electrons. The minimum absolute atomic E-state index is 0.0396. The minimum Gasteiger partial charge on any atom is -0.490 e. The predicted octanol–water partition coefficient (Wildman–Crippen LogP) is 2.74. The molecule has 11 nitrogen and oxygen atoms in total. The predicted molar refractivity (Wildman–Crippen MR) is 103 cm³/mol. The Morgan fingerprint density at radius 3 is 2.31 bits per heavy atom. The number of benzene rings is 2.